The summed E-state index contributed by atoms with van der Waals surface area (Å²) in [5, 5.41) is 1.07. The van der Waals surface area contributed by atoms with E-state index in [9.17, 15) is 0 Å². The Kier molecular flexibility index (Phi) is 2.89. The fourth-order valence-corrected chi connectivity index (χ4v) is 1.88. The third-order valence-electron chi connectivity index (χ3n) is 2.38. The van der Waals surface area contributed by atoms with Crippen molar-refractivity contribution in [1.82, 2.24) is 9.97 Å². The molecule has 2 aromatic heterocycles. The molecule has 0 atom stereocenters. The molecule has 0 spiro atoms. The molecule has 0 bridgehead atoms. The molecule has 15 heavy (non-hydrogen) atoms. The first-order chi connectivity index (χ1) is 7.13. The zero-order valence-electron chi connectivity index (χ0n) is 8.64. The minimum Gasteiger partial charge on any atom is -0.237 e. The van der Waals surface area contributed by atoms with Gasteiger partial charge < -0.3 is 0 Å². The van der Waals surface area contributed by atoms with E-state index in [1.54, 1.807) is 6.20 Å². The van der Waals surface area contributed by atoms with Gasteiger partial charge in [0.05, 0.1) is 0 Å². The van der Waals surface area contributed by atoms with Crippen molar-refractivity contribution < 1.29 is 0 Å². The highest BCUT2D eigenvalue weighted by Gasteiger charge is 2.20. The summed E-state index contributed by atoms with van der Waals surface area (Å²) in [5.41, 5.74) is 1.96. The van der Waals surface area contributed by atoms with E-state index < -0.39 is 0 Å². The fraction of sp³-hybridized carbons (Fsp3) is 0.273. The maximum atomic E-state index is 4.34. The first-order valence-electron chi connectivity index (χ1n) is 4.67. The van der Waals surface area contributed by atoms with Crippen LogP contribution in [0.2, 0.25) is 0 Å². The summed E-state index contributed by atoms with van der Waals surface area (Å²) in [6, 6.07) is 6.07. The van der Waals surface area contributed by atoms with Crippen molar-refractivity contribution in [2.75, 3.05) is 0 Å². The van der Waals surface area contributed by atoms with Gasteiger partial charge in [0.2, 0.25) is 0 Å². The molecule has 0 unspecified atom stereocenters. The van der Waals surface area contributed by atoms with Crippen molar-refractivity contribution in [2.24, 2.45) is 0 Å². The van der Waals surface area contributed by atoms with Crippen molar-refractivity contribution in [3.63, 3.8) is 0 Å². The van der Waals surface area contributed by atoms with Crippen molar-refractivity contribution >= 4 is 33.5 Å². The van der Waals surface area contributed by atoms with Gasteiger partial charge >= 0.3 is 0 Å². The summed E-state index contributed by atoms with van der Waals surface area (Å²) >= 11 is 4.28. The second-order valence-electron chi connectivity index (χ2n) is 3.88. The Morgan fingerprint density at radius 3 is 2.87 bits per heavy atom. The third-order valence-corrected chi connectivity index (χ3v) is 4.44. The van der Waals surface area contributed by atoms with Crippen LogP contribution in [0, 0.1) is 0 Å². The number of rotatable bonds is 2. The lowest BCUT2D eigenvalue weighted by molar-refractivity contribution is 0.786. The Labute approximate surface area is 98.3 Å². The van der Waals surface area contributed by atoms with Crippen LogP contribution < -0.4 is 0 Å². The summed E-state index contributed by atoms with van der Waals surface area (Å²) in [6.07, 6.45) is 3.63. The smallest absolute Gasteiger partial charge is 0.159 e. The van der Waals surface area contributed by atoms with Gasteiger partial charge in [-0.2, -0.15) is 0 Å². The van der Waals surface area contributed by atoms with Gasteiger partial charge in [-0.25, -0.2) is 9.97 Å². The van der Waals surface area contributed by atoms with Gasteiger partial charge in [-0.3, -0.25) is 0 Å². The van der Waals surface area contributed by atoms with E-state index in [2.05, 4.69) is 41.5 Å². The maximum absolute atomic E-state index is 4.34. The van der Waals surface area contributed by atoms with Crippen LogP contribution in [0.15, 0.2) is 30.6 Å². The van der Waals surface area contributed by atoms with Crippen molar-refractivity contribution in [1.29, 1.82) is 0 Å². The van der Waals surface area contributed by atoms with E-state index in [0.29, 0.717) is 0 Å². The van der Waals surface area contributed by atoms with Crippen LogP contribution in [0.4, 0.5) is 0 Å². The van der Waals surface area contributed by atoms with E-state index in [1.807, 2.05) is 18.3 Å². The molecular weight excluding hydrogens is 224 g/mol. The molecule has 2 rings (SSSR count). The quantitative estimate of drug-likeness (QED) is 0.639. The molecule has 2 aromatic rings. The van der Waals surface area contributed by atoms with Gasteiger partial charge in [-0.05, 0) is 37.6 Å². The highest BCUT2D eigenvalue weighted by Crippen LogP contribution is 2.38. The average Bonchev–Trinajstić information content (AvgIpc) is 2.28. The van der Waals surface area contributed by atoms with Gasteiger partial charge in [0.1, 0.15) is 0 Å². The highest BCUT2D eigenvalue weighted by atomic mass is 33.1. The number of nitrogens with zero attached hydrogens (tertiary/aromatic N) is 2. The van der Waals surface area contributed by atoms with Crippen molar-refractivity contribution in [3.8, 4) is 0 Å². The molecule has 0 aliphatic carbocycles. The van der Waals surface area contributed by atoms with Gasteiger partial charge in [-0.1, -0.05) is 10.8 Å². The largest absolute Gasteiger partial charge is 0.237 e. The summed E-state index contributed by atoms with van der Waals surface area (Å²) in [4.78, 5) is 8.53. The van der Waals surface area contributed by atoms with Crippen molar-refractivity contribution in [2.45, 2.75) is 18.6 Å². The number of aromatic nitrogens is 2. The Bertz CT molecular complexity index is 483. The number of hydrogen-bond acceptors (Lipinski definition) is 4. The van der Waals surface area contributed by atoms with E-state index in [-0.39, 0.29) is 4.75 Å². The Morgan fingerprint density at radius 2 is 2.13 bits per heavy atom. The normalized spacial score (nSPS) is 11.9. The number of thiol groups is 1. The molecule has 0 fully saturated rings. The fourth-order valence-electron chi connectivity index (χ4n) is 1.35. The SMILES string of the molecule is CC(C)(SS)c1cnc2ncccc2c1. The highest BCUT2D eigenvalue weighted by molar-refractivity contribution is 8.68. The Balaban J connectivity index is 2.56. The summed E-state index contributed by atoms with van der Waals surface area (Å²) < 4.78 is -0.0276. The topological polar surface area (TPSA) is 25.8 Å². The molecule has 4 heteroatoms. The standard InChI is InChI=1S/C11H12N2S2/c1-11(2,15-14)9-6-8-4-3-5-12-10(8)13-7-9/h3-7,14H,1-2H3. The summed E-state index contributed by atoms with van der Waals surface area (Å²) in [6.45, 7) is 4.26. The van der Waals surface area contributed by atoms with Gasteiger partial charge in [0.15, 0.2) is 5.65 Å². The van der Waals surface area contributed by atoms with E-state index >= 15 is 0 Å². The van der Waals surface area contributed by atoms with E-state index in [1.165, 1.54) is 16.4 Å². The monoisotopic (exact) mass is 236 g/mol. The second-order valence-corrected chi connectivity index (χ2v) is 5.63. The van der Waals surface area contributed by atoms with E-state index in [4.69, 9.17) is 0 Å². The van der Waals surface area contributed by atoms with Crippen molar-refractivity contribution in [3.05, 3.63) is 36.2 Å². The first kappa shape index (κ1) is 10.8. The predicted molar refractivity (Wildman–Crippen MR) is 69.1 cm³/mol. The Morgan fingerprint density at radius 1 is 1.33 bits per heavy atom. The summed E-state index contributed by atoms with van der Waals surface area (Å²) in [5.74, 6) is 0. The van der Waals surface area contributed by atoms with Gasteiger partial charge in [0, 0.05) is 22.5 Å². The molecule has 0 N–H and O–H groups in total. The lowest BCUT2D eigenvalue weighted by Crippen LogP contribution is -2.10. The van der Waals surface area contributed by atoms with Crippen LogP contribution in [0.1, 0.15) is 19.4 Å². The summed E-state index contributed by atoms with van der Waals surface area (Å²) in [7, 11) is 1.52. The molecule has 2 heterocycles. The zero-order valence-corrected chi connectivity index (χ0v) is 10.3. The molecule has 0 aromatic carbocycles. The average molecular weight is 236 g/mol. The zero-order chi connectivity index (χ0) is 10.9. The third kappa shape index (κ3) is 2.11. The molecule has 0 amide bonds. The van der Waals surface area contributed by atoms with Gasteiger partial charge in [-0.15, -0.1) is 11.7 Å². The van der Waals surface area contributed by atoms with Gasteiger partial charge in [0.25, 0.3) is 0 Å². The molecule has 0 radical (unpaired) electrons. The molecule has 0 aliphatic heterocycles. The molecule has 0 saturated heterocycles. The first-order valence-corrected chi connectivity index (χ1v) is 6.54. The second kappa shape index (κ2) is 4.02. The van der Waals surface area contributed by atoms with Crippen LogP contribution in [0.25, 0.3) is 11.0 Å². The van der Waals surface area contributed by atoms with Crippen LogP contribution in [-0.2, 0) is 4.75 Å². The molecule has 78 valence electrons. The van der Waals surface area contributed by atoms with Crippen LogP contribution in [0.5, 0.6) is 0 Å². The maximum Gasteiger partial charge on any atom is 0.159 e. The number of hydrogen-bond donors (Lipinski definition) is 1. The van der Waals surface area contributed by atoms with Crippen LogP contribution >= 0.6 is 22.5 Å². The molecule has 0 aliphatic rings. The van der Waals surface area contributed by atoms with Crippen LogP contribution in [-0.4, -0.2) is 9.97 Å². The number of fused-ring (bicyclic) bond motifs is 1. The molecule has 2 nitrogen and oxygen atoms in total. The predicted octanol–water partition coefficient (Wildman–Crippen LogP) is 3.44. The minimum absolute atomic E-state index is 0.0276. The molecular formula is C11H12N2S2. The van der Waals surface area contributed by atoms with E-state index in [0.717, 1.165) is 11.0 Å². The lowest BCUT2D eigenvalue weighted by atomic mass is 10.0. The molecule has 0 saturated carbocycles. The van der Waals surface area contributed by atoms with Crippen LogP contribution in [0.3, 0.4) is 0 Å². The number of pyridine rings is 2. The Hall–Kier alpha value is -0.740. The minimum atomic E-state index is -0.0276. The lowest BCUT2D eigenvalue weighted by Gasteiger charge is -2.21.